The zero-order chi connectivity index (χ0) is 55.0. The highest BCUT2D eigenvalue weighted by Crippen LogP contribution is 2.43. The molecule has 3 saturated heterocycles. The van der Waals surface area contributed by atoms with Gasteiger partial charge in [-0.3, -0.25) is 38.9 Å². The number of esters is 1. The number of aromatic nitrogens is 2. The number of hydrogen-bond acceptors (Lipinski definition) is 10. The third-order valence-electron chi connectivity index (χ3n) is 16.0. The minimum atomic E-state index is -2.87. The zero-order valence-electron chi connectivity index (χ0n) is 46.1. The number of fused-ring (bicyclic) bond motifs is 6. The molecule has 2 aromatic carbocycles. The summed E-state index contributed by atoms with van der Waals surface area (Å²) in [6.45, 7) is 20.6. The minimum Gasteiger partial charge on any atom is -0.464 e. The monoisotopic (exact) mass is 1050 g/mol. The predicted molar refractivity (Wildman–Crippen MR) is 287 cm³/mol. The smallest absolute Gasteiger partial charge is 0.324 e. The van der Waals surface area contributed by atoms with E-state index in [2.05, 4.69) is 39.0 Å². The summed E-state index contributed by atoms with van der Waals surface area (Å²) in [7, 11) is 3.20. The van der Waals surface area contributed by atoms with Gasteiger partial charge in [-0.2, -0.15) is 0 Å². The van der Waals surface area contributed by atoms with Crippen LogP contribution in [-0.4, -0.2) is 136 Å². The summed E-state index contributed by atoms with van der Waals surface area (Å²) in [6.07, 6.45) is 1.07. The molecule has 0 radical (unpaired) electrons. The predicted octanol–water partition coefficient (Wildman–Crippen LogP) is 7.89. The van der Waals surface area contributed by atoms with E-state index in [4.69, 9.17) is 14.5 Å². The average molecular weight is 1050 g/mol. The Morgan fingerprint density at radius 2 is 1.76 bits per heavy atom. The van der Waals surface area contributed by atoms with Gasteiger partial charge in [0.1, 0.15) is 18.1 Å². The van der Waals surface area contributed by atoms with Crippen molar-refractivity contribution in [3.63, 3.8) is 0 Å². The van der Waals surface area contributed by atoms with Crippen molar-refractivity contribution in [3.05, 3.63) is 77.1 Å². The van der Waals surface area contributed by atoms with Gasteiger partial charge in [0.15, 0.2) is 0 Å². The summed E-state index contributed by atoms with van der Waals surface area (Å²) in [5, 5.41) is 5.17. The number of benzene rings is 2. The van der Waals surface area contributed by atoms with Crippen LogP contribution in [0.15, 0.2) is 54.7 Å². The molecule has 8 rings (SSSR count). The number of methoxy groups -OCH3 is 1. The van der Waals surface area contributed by atoms with Gasteiger partial charge in [0.25, 0.3) is 18.2 Å². The fraction of sp³-hybridized carbons (Fsp3) is 0.559. The number of nitrogens with one attached hydrogen (secondary N) is 2. The van der Waals surface area contributed by atoms with E-state index in [1.165, 1.54) is 22.0 Å². The highest BCUT2D eigenvalue weighted by Gasteiger charge is 2.47. The lowest BCUT2D eigenvalue weighted by atomic mass is 9.84. The molecule has 17 heteroatoms. The van der Waals surface area contributed by atoms with Crippen LogP contribution in [-0.2, 0) is 52.8 Å². The molecule has 5 atom stereocenters. The molecule has 15 nitrogen and oxygen atoms in total. The van der Waals surface area contributed by atoms with Crippen LogP contribution in [0.3, 0.4) is 0 Å². The molecule has 0 aliphatic carbocycles. The second-order valence-corrected chi connectivity index (χ2v) is 23.2. The van der Waals surface area contributed by atoms with E-state index >= 15 is 8.78 Å². The first-order chi connectivity index (χ1) is 35.9. The van der Waals surface area contributed by atoms with Crippen LogP contribution < -0.4 is 10.7 Å². The number of hydrogen-bond donors (Lipinski definition) is 2. The molecule has 6 heterocycles. The molecule has 2 aromatic heterocycles. The van der Waals surface area contributed by atoms with E-state index in [9.17, 15) is 24.0 Å². The molecule has 0 spiro atoms. The minimum absolute atomic E-state index is 0.0459. The van der Waals surface area contributed by atoms with Crippen molar-refractivity contribution in [3.8, 4) is 34.2 Å². The molecule has 4 amide bonds. The number of pyridine rings is 1. The van der Waals surface area contributed by atoms with Crippen LogP contribution in [0.25, 0.3) is 33.3 Å². The highest BCUT2D eigenvalue weighted by atomic mass is 19.3. The first-order valence-corrected chi connectivity index (χ1v) is 26.9. The van der Waals surface area contributed by atoms with Crippen LogP contribution in [0.4, 0.5) is 8.78 Å². The quantitative estimate of drug-likeness (QED) is 0.112. The fourth-order valence-electron chi connectivity index (χ4n) is 11.5. The summed E-state index contributed by atoms with van der Waals surface area (Å²) < 4.78 is 44.4. The number of hydrazine groups is 1. The van der Waals surface area contributed by atoms with Gasteiger partial charge in [0.2, 0.25) is 11.8 Å². The maximum Gasteiger partial charge on any atom is 0.324 e. The number of likely N-dealkylation sites (N-methyl/N-ethyl adjacent to an activating group) is 1. The molecular weight excluding hydrogens is 971 g/mol. The Hall–Kier alpha value is -6.22. The van der Waals surface area contributed by atoms with Crippen molar-refractivity contribution in [2.24, 2.45) is 16.7 Å². The lowest BCUT2D eigenvalue weighted by Crippen LogP contribution is -2.62. The third kappa shape index (κ3) is 11.5. The van der Waals surface area contributed by atoms with Gasteiger partial charge in [-0.25, -0.2) is 14.2 Å². The lowest BCUT2D eigenvalue weighted by molar-refractivity contribution is -0.155. The Balaban J connectivity index is 1.16. The molecule has 4 aliphatic heterocycles. The topological polar surface area (TPSA) is 159 Å². The van der Waals surface area contributed by atoms with Gasteiger partial charge in [0, 0.05) is 93.5 Å². The number of carbonyl (C=O) groups excluding carboxylic acids is 5. The van der Waals surface area contributed by atoms with Gasteiger partial charge in [0.05, 0.1) is 35.1 Å². The van der Waals surface area contributed by atoms with Gasteiger partial charge < -0.3 is 29.2 Å². The summed E-state index contributed by atoms with van der Waals surface area (Å²) in [6, 6.07) is 11.2. The number of nitrogens with zero attached hydrogens (tertiary/aromatic N) is 6. The SMILES string of the molecule is CCn1c(-c2cccnc2[C@H](C)OC)c2c3cc(ccc31)-c1cc(cc(C(F)F)c1)C[C@H](NC(=O)[C@H](C(C)C)N(C)C(=O)[C@@]1(C)CCN(C(=O)C#CC(C)(C)N3CCC3)C1)C(=O)N1CCC[C@H](N1)C(=O)OCC(C)(C)C2. The molecule has 2 N–H and O–H groups in total. The molecule has 408 valence electrons. The van der Waals surface area contributed by atoms with E-state index in [-0.39, 0.29) is 49.6 Å². The Morgan fingerprint density at radius 1 is 1.01 bits per heavy atom. The van der Waals surface area contributed by atoms with Gasteiger partial charge in [-0.05, 0) is 131 Å². The number of alkyl halides is 2. The number of cyclic esters (lactones) is 1. The van der Waals surface area contributed by atoms with Crippen molar-refractivity contribution in [2.45, 2.75) is 144 Å². The van der Waals surface area contributed by atoms with Crippen molar-refractivity contribution in [1.29, 1.82) is 0 Å². The van der Waals surface area contributed by atoms with Crippen molar-refractivity contribution >= 4 is 40.5 Å². The van der Waals surface area contributed by atoms with E-state index < -0.39 is 64.6 Å². The molecule has 0 saturated carbocycles. The maximum absolute atomic E-state index is 15.1. The number of ether oxygens (including phenoxy) is 2. The average Bonchev–Trinajstić information content (AvgIpc) is 3.94. The number of halogens is 2. The molecule has 3 fully saturated rings. The highest BCUT2D eigenvalue weighted by molar-refractivity contribution is 5.97. The van der Waals surface area contributed by atoms with Crippen LogP contribution in [0.1, 0.15) is 123 Å². The normalized spacial score (nSPS) is 22.1. The van der Waals surface area contributed by atoms with Crippen LogP contribution >= 0.6 is 0 Å². The number of aryl methyl sites for hydroxylation is 1. The van der Waals surface area contributed by atoms with Crippen LogP contribution in [0.2, 0.25) is 0 Å². The molecular formula is C59H76F2N8O7. The second kappa shape index (κ2) is 22.4. The fourth-order valence-corrected chi connectivity index (χ4v) is 11.5. The Bertz CT molecular complexity index is 2940. The molecule has 6 bridgehead atoms. The zero-order valence-corrected chi connectivity index (χ0v) is 46.1. The number of amides is 4. The van der Waals surface area contributed by atoms with E-state index in [1.807, 2.05) is 65.0 Å². The summed E-state index contributed by atoms with van der Waals surface area (Å²) >= 11 is 0. The molecule has 4 aliphatic rings. The standard InChI is InChI=1S/C59H76F2N8O7/c1-12-68-47-19-18-39-32-43(47)44(51(68)42-16-13-23-62-49(42)37(4)75-11)33-57(5,6)35-76-55(73)45-17-14-26-69(64-45)54(72)46(30-38-28-40(39)31-41(29-38)52(60)61)63-53(71)50(36(2)3)65(10)56(74)59(9)22-27-66(34-59)48(70)20-21-58(7,8)67-24-15-25-67/h13,16,18-19,23,28-29,31-32,36-37,45-46,50,52,64H,12,14-15,17,22,24-27,30,33-35H2,1-11H3,(H,63,71)/t37-,45-,46-,50-,59-/m0/s1. The molecule has 4 aromatic rings. The number of carbonyl (C=O) groups is 5. The van der Waals surface area contributed by atoms with E-state index in [0.29, 0.717) is 55.5 Å². The van der Waals surface area contributed by atoms with E-state index in [0.717, 1.165) is 52.9 Å². The van der Waals surface area contributed by atoms with Gasteiger partial charge >= 0.3 is 5.97 Å². The van der Waals surface area contributed by atoms with E-state index in [1.54, 1.807) is 52.1 Å². The summed E-state index contributed by atoms with van der Waals surface area (Å²) in [5.41, 5.74) is 6.73. The van der Waals surface area contributed by atoms with Gasteiger partial charge in [-0.1, -0.05) is 51.8 Å². The lowest BCUT2D eigenvalue weighted by Gasteiger charge is -2.41. The molecule has 0 unspecified atom stereocenters. The van der Waals surface area contributed by atoms with Crippen LogP contribution in [0, 0.1) is 28.6 Å². The van der Waals surface area contributed by atoms with Crippen LogP contribution in [0.5, 0.6) is 0 Å². The summed E-state index contributed by atoms with van der Waals surface area (Å²) in [4.78, 5) is 81.8. The largest absolute Gasteiger partial charge is 0.464 e. The third-order valence-corrected chi connectivity index (χ3v) is 16.0. The summed E-state index contributed by atoms with van der Waals surface area (Å²) in [5.74, 6) is 3.07. The van der Waals surface area contributed by atoms with Crippen molar-refractivity contribution < 1.29 is 42.2 Å². The first-order valence-electron chi connectivity index (χ1n) is 26.9. The maximum atomic E-state index is 15.1. The Labute approximate surface area is 446 Å². The Morgan fingerprint density at radius 3 is 2.43 bits per heavy atom. The first kappa shape index (κ1) is 56.0. The number of rotatable bonds is 11. The Kier molecular flexibility index (Phi) is 16.5. The molecule has 76 heavy (non-hydrogen) atoms. The number of likely N-dealkylation sites (tertiary alicyclic amines) is 2. The van der Waals surface area contributed by atoms with Crippen molar-refractivity contribution in [1.82, 2.24) is 40.0 Å². The van der Waals surface area contributed by atoms with Gasteiger partial charge in [-0.15, -0.1) is 0 Å². The second-order valence-electron chi connectivity index (χ2n) is 23.2. The van der Waals surface area contributed by atoms with Crippen molar-refractivity contribution in [2.75, 3.05) is 53.5 Å².